The van der Waals surface area contributed by atoms with Crippen LogP contribution in [0.2, 0.25) is 0 Å². The molecule has 1 rings (SSSR count). The van der Waals surface area contributed by atoms with Crippen LogP contribution in [0, 0.1) is 11.8 Å². The first-order chi connectivity index (χ1) is 13.9. The molecule has 0 saturated heterocycles. The summed E-state index contributed by atoms with van der Waals surface area (Å²) in [6, 6.07) is 0.183. The fourth-order valence-corrected chi connectivity index (χ4v) is 3.09. The van der Waals surface area contributed by atoms with Crippen molar-refractivity contribution in [1.82, 2.24) is 10.6 Å². The summed E-state index contributed by atoms with van der Waals surface area (Å²) in [5.41, 5.74) is 0. The normalized spacial score (nSPS) is 18.6. The van der Waals surface area contributed by atoms with E-state index in [2.05, 4.69) is 10.6 Å². The molecule has 2 N–H and O–H groups in total. The lowest BCUT2D eigenvalue weighted by molar-refractivity contribution is -0.125. The van der Waals surface area contributed by atoms with Crippen LogP contribution in [-0.2, 0) is 23.9 Å². The first-order valence-electron chi connectivity index (χ1n) is 11.2. The van der Waals surface area contributed by atoms with Gasteiger partial charge in [0.2, 0.25) is 11.8 Å². The van der Waals surface area contributed by atoms with Gasteiger partial charge in [-0.1, -0.05) is 34.6 Å². The Kier molecular flexibility index (Phi) is 16.5. The van der Waals surface area contributed by atoms with Gasteiger partial charge in [0.1, 0.15) is 5.78 Å². The second-order valence-electron chi connectivity index (χ2n) is 7.36. The number of carbonyl (C=O) groups excluding carboxylic acids is 3. The van der Waals surface area contributed by atoms with E-state index in [0.29, 0.717) is 51.6 Å². The van der Waals surface area contributed by atoms with Gasteiger partial charge in [0.25, 0.3) is 0 Å². The molecule has 0 spiro atoms. The predicted octanol–water partition coefficient (Wildman–Crippen LogP) is 3.35. The summed E-state index contributed by atoms with van der Waals surface area (Å²) in [7, 11) is 0. The summed E-state index contributed by atoms with van der Waals surface area (Å²) in [6.45, 7) is 11.8. The van der Waals surface area contributed by atoms with Crippen LogP contribution in [0.4, 0.5) is 0 Å². The highest BCUT2D eigenvalue weighted by molar-refractivity contribution is 5.81. The molecular weight excluding hydrogens is 372 g/mol. The maximum absolute atomic E-state index is 11.9. The van der Waals surface area contributed by atoms with Crippen molar-refractivity contribution in [2.24, 2.45) is 11.8 Å². The molecule has 1 fully saturated rings. The third-order valence-corrected chi connectivity index (χ3v) is 4.81. The van der Waals surface area contributed by atoms with Crippen LogP contribution in [0.3, 0.4) is 0 Å². The van der Waals surface area contributed by atoms with Crippen LogP contribution in [0.5, 0.6) is 0 Å². The Morgan fingerprint density at radius 2 is 1.55 bits per heavy atom. The number of carbonyl (C=O) groups is 3. The minimum absolute atomic E-state index is 0. The zero-order valence-corrected chi connectivity index (χ0v) is 19.1. The molecule has 7 nitrogen and oxygen atoms in total. The van der Waals surface area contributed by atoms with E-state index < -0.39 is 0 Å². The van der Waals surface area contributed by atoms with Crippen molar-refractivity contribution in [3.8, 4) is 0 Å². The van der Waals surface area contributed by atoms with Crippen molar-refractivity contribution < 1.29 is 26.7 Å². The summed E-state index contributed by atoms with van der Waals surface area (Å²) in [6.07, 6.45) is 4.45. The predicted molar refractivity (Wildman–Crippen MR) is 119 cm³/mol. The summed E-state index contributed by atoms with van der Waals surface area (Å²) in [5, 5.41) is 5.81. The van der Waals surface area contributed by atoms with E-state index in [0.717, 1.165) is 25.7 Å². The van der Waals surface area contributed by atoms with Gasteiger partial charge in [-0.15, -0.1) is 0 Å². The van der Waals surface area contributed by atoms with E-state index in [4.69, 9.17) is 9.47 Å². The van der Waals surface area contributed by atoms with E-state index in [9.17, 15) is 14.4 Å². The molecule has 0 aromatic carbocycles. The van der Waals surface area contributed by atoms with Crippen LogP contribution in [0.25, 0.3) is 0 Å². The molecule has 0 unspecified atom stereocenters. The van der Waals surface area contributed by atoms with E-state index in [-0.39, 0.29) is 32.5 Å². The molecule has 1 aliphatic carbocycles. The van der Waals surface area contributed by atoms with Gasteiger partial charge in [-0.25, -0.2) is 0 Å². The molecule has 0 aromatic heterocycles. The first-order valence-corrected chi connectivity index (χ1v) is 11.2. The maximum atomic E-state index is 11.9. The number of ether oxygens (including phenoxy) is 2. The second kappa shape index (κ2) is 17.4. The van der Waals surface area contributed by atoms with Gasteiger partial charge in [-0.2, -0.15) is 0 Å². The molecule has 7 heteroatoms. The third-order valence-electron chi connectivity index (χ3n) is 4.81. The maximum Gasteiger partial charge on any atom is 0.222 e. The fourth-order valence-electron chi connectivity index (χ4n) is 3.09. The zero-order chi connectivity index (χ0) is 22.1. The second-order valence-corrected chi connectivity index (χ2v) is 7.36. The number of nitrogens with one attached hydrogen (secondary N) is 2. The molecule has 1 saturated carbocycles. The topological polar surface area (TPSA) is 93.7 Å². The van der Waals surface area contributed by atoms with Gasteiger partial charge in [0, 0.05) is 40.1 Å². The van der Waals surface area contributed by atoms with Gasteiger partial charge in [-0.3, -0.25) is 14.4 Å². The molecule has 0 atom stereocenters. The SMILES string of the molecule is CC.CCC(=O)C1CCC(NC(=O)CCOCCOCCNC(=O)C(C)C)CC1.[HH].[HH]. The highest BCUT2D eigenvalue weighted by Gasteiger charge is 2.25. The monoisotopic (exact) mass is 418 g/mol. The third kappa shape index (κ3) is 13.4. The molecule has 174 valence electrons. The highest BCUT2D eigenvalue weighted by atomic mass is 16.5. The van der Waals surface area contributed by atoms with Crippen molar-refractivity contribution in [3.63, 3.8) is 0 Å². The lowest BCUT2D eigenvalue weighted by atomic mass is 9.83. The summed E-state index contributed by atoms with van der Waals surface area (Å²) >= 11 is 0. The Morgan fingerprint density at radius 1 is 0.966 bits per heavy atom. The average Bonchev–Trinajstić information content (AvgIpc) is 2.73. The van der Waals surface area contributed by atoms with Crippen LogP contribution in [0.15, 0.2) is 0 Å². The number of rotatable bonds is 13. The van der Waals surface area contributed by atoms with Crippen LogP contribution in [0.1, 0.15) is 76.0 Å². The Labute approximate surface area is 179 Å². The van der Waals surface area contributed by atoms with Crippen molar-refractivity contribution >= 4 is 17.6 Å². The molecular formula is C22H46N2O5. The first kappa shape index (κ1) is 27.5. The molecule has 2 amide bonds. The van der Waals surface area contributed by atoms with Gasteiger partial charge in [0.05, 0.1) is 26.4 Å². The summed E-state index contributed by atoms with van der Waals surface area (Å²) in [5.74, 6) is 0.528. The largest absolute Gasteiger partial charge is 0.379 e. The molecule has 0 heterocycles. The van der Waals surface area contributed by atoms with Crippen molar-refractivity contribution in [2.45, 2.75) is 79.2 Å². The van der Waals surface area contributed by atoms with Gasteiger partial charge >= 0.3 is 0 Å². The Bertz CT molecular complexity index is 471. The Hall–Kier alpha value is -1.47. The average molecular weight is 419 g/mol. The van der Waals surface area contributed by atoms with Crippen LogP contribution >= 0.6 is 0 Å². The molecule has 0 bridgehead atoms. The van der Waals surface area contributed by atoms with E-state index in [1.165, 1.54) is 0 Å². The van der Waals surface area contributed by atoms with Gasteiger partial charge in [0.15, 0.2) is 0 Å². The van der Waals surface area contributed by atoms with E-state index in [1.807, 2.05) is 34.6 Å². The van der Waals surface area contributed by atoms with Crippen molar-refractivity contribution in [1.29, 1.82) is 0 Å². The smallest absolute Gasteiger partial charge is 0.222 e. The fraction of sp³-hybridized carbons (Fsp3) is 0.864. The lowest BCUT2D eigenvalue weighted by Crippen LogP contribution is -2.39. The number of hydrogen-bond acceptors (Lipinski definition) is 5. The molecule has 0 aliphatic heterocycles. The zero-order valence-electron chi connectivity index (χ0n) is 19.1. The lowest BCUT2D eigenvalue weighted by Gasteiger charge is -2.28. The minimum atomic E-state index is -0.0200. The van der Waals surface area contributed by atoms with E-state index in [1.54, 1.807) is 0 Å². The molecule has 1 aliphatic rings. The van der Waals surface area contributed by atoms with E-state index >= 15 is 0 Å². The molecule has 0 radical (unpaired) electrons. The van der Waals surface area contributed by atoms with Crippen molar-refractivity contribution in [3.05, 3.63) is 0 Å². The van der Waals surface area contributed by atoms with Gasteiger partial charge in [-0.05, 0) is 25.7 Å². The Morgan fingerprint density at radius 3 is 2.10 bits per heavy atom. The van der Waals surface area contributed by atoms with Gasteiger partial charge < -0.3 is 20.1 Å². The summed E-state index contributed by atoms with van der Waals surface area (Å²) < 4.78 is 10.8. The number of ketones is 1. The van der Waals surface area contributed by atoms with Crippen LogP contribution in [-0.4, -0.2) is 56.6 Å². The van der Waals surface area contributed by atoms with Crippen molar-refractivity contribution in [2.75, 3.05) is 33.0 Å². The highest BCUT2D eigenvalue weighted by Crippen LogP contribution is 2.25. The number of Topliss-reactive ketones (excluding diaryl/α,β-unsaturated/α-hetero) is 1. The quantitative estimate of drug-likeness (QED) is 0.447. The minimum Gasteiger partial charge on any atom is -0.379 e. The standard InChI is InChI=1S/C20H36N2O5.C2H6.2H2/c1-4-18(23)16-5-7-17(8-6-16)22-19(24)9-11-26-13-14-27-12-10-21-20(25)15(2)3;1-2;;/h15-17H,4-14H2,1-3H3,(H,21,25)(H,22,24);1-2H3;2*1H. The Balaban J connectivity index is -0.00000190. The van der Waals surface area contributed by atoms with Crippen LogP contribution < -0.4 is 10.6 Å². The molecule has 0 aromatic rings. The number of hydrogen-bond donors (Lipinski definition) is 2. The number of amides is 2. The summed E-state index contributed by atoms with van der Waals surface area (Å²) in [4.78, 5) is 35.0. The molecule has 29 heavy (non-hydrogen) atoms.